The van der Waals surface area contributed by atoms with Crippen LogP contribution in [0.1, 0.15) is 0 Å². The van der Waals surface area contributed by atoms with E-state index in [0.29, 0.717) is 0 Å². The molecule has 102 valence electrons. The molecule has 3 aromatic rings. The van der Waals surface area contributed by atoms with Gasteiger partial charge in [-0.25, -0.2) is 4.98 Å². The van der Waals surface area contributed by atoms with E-state index in [1.807, 2.05) is 24.3 Å². The summed E-state index contributed by atoms with van der Waals surface area (Å²) in [6.07, 6.45) is 0. The molecule has 2 nitrogen and oxygen atoms in total. The molecule has 0 fully saturated rings. The number of para-hydroxylation sites is 1. The molecule has 2 aromatic carbocycles. The summed E-state index contributed by atoms with van der Waals surface area (Å²) >= 11 is 0. The summed E-state index contributed by atoms with van der Waals surface area (Å²) in [6, 6.07) is 20.7. The van der Waals surface area contributed by atoms with E-state index >= 15 is 0 Å². The highest BCUT2D eigenvalue weighted by atomic mass is 35.5. The summed E-state index contributed by atoms with van der Waals surface area (Å²) in [7, 11) is 4.13. The maximum atomic E-state index is 4.76. The van der Waals surface area contributed by atoms with Crippen LogP contribution in [0, 0.1) is 0 Å². The van der Waals surface area contributed by atoms with Gasteiger partial charge < -0.3 is 4.90 Å². The van der Waals surface area contributed by atoms with Gasteiger partial charge in [-0.3, -0.25) is 0 Å². The number of hydrogen-bond donors (Lipinski definition) is 0. The third-order valence-corrected chi connectivity index (χ3v) is 3.25. The van der Waals surface area contributed by atoms with Crippen LogP contribution in [-0.4, -0.2) is 19.1 Å². The van der Waals surface area contributed by atoms with E-state index in [1.54, 1.807) is 0 Å². The molecule has 3 heteroatoms. The van der Waals surface area contributed by atoms with Crippen LogP contribution < -0.4 is 4.90 Å². The Balaban J connectivity index is 0.00000147. The molecule has 0 spiro atoms. The molecule has 0 N–H and O–H groups in total. The molecule has 1 aromatic heterocycles. The molecule has 0 aliphatic carbocycles. The molecule has 20 heavy (non-hydrogen) atoms. The van der Waals surface area contributed by atoms with Gasteiger partial charge in [0.1, 0.15) is 0 Å². The summed E-state index contributed by atoms with van der Waals surface area (Å²) in [5.74, 6) is 0. The normalized spacial score (nSPS) is 10.1. The first-order valence-electron chi connectivity index (χ1n) is 6.38. The van der Waals surface area contributed by atoms with E-state index in [1.165, 1.54) is 11.1 Å². The van der Waals surface area contributed by atoms with Crippen molar-refractivity contribution < 1.29 is 0 Å². The zero-order valence-electron chi connectivity index (χ0n) is 11.6. The Labute approximate surface area is 125 Å². The van der Waals surface area contributed by atoms with Crippen molar-refractivity contribution in [2.45, 2.75) is 0 Å². The van der Waals surface area contributed by atoms with Crippen molar-refractivity contribution in [3.05, 3.63) is 60.7 Å². The maximum Gasteiger partial charge on any atom is 0.0730 e. The molecule has 3 rings (SSSR count). The average Bonchev–Trinajstić information content (AvgIpc) is 2.47. The summed E-state index contributed by atoms with van der Waals surface area (Å²) in [4.78, 5) is 6.90. The Bertz CT molecular complexity index is 709. The SMILES string of the molecule is CN(C)c1cc(-c2ccccc2)nc2ccccc12.Cl. The van der Waals surface area contributed by atoms with Crippen LogP contribution in [0.15, 0.2) is 60.7 Å². The van der Waals surface area contributed by atoms with Crippen LogP contribution in [0.5, 0.6) is 0 Å². The molecule has 0 saturated carbocycles. The number of rotatable bonds is 2. The Morgan fingerprint density at radius 2 is 1.50 bits per heavy atom. The first-order valence-corrected chi connectivity index (χ1v) is 6.38. The third kappa shape index (κ3) is 2.61. The fraction of sp³-hybridized carbons (Fsp3) is 0.118. The molecule has 0 aliphatic rings. The first kappa shape index (κ1) is 14.4. The second kappa shape index (κ2) is 5.93. The number of hydrogen-bond acceptors (Lipinski definition) is 2. The van der Waals surface area contributed by atoms with Gasteiger partial charge in [-0.05, 0) is 12.1 Å². The molecule has 0 atom stereocenters. The Hall–Kier alpha value is -2.06. The van der Waals surface area contributed by atoms with Gasteiger partial charge in [-0.2, -0.15) is 0 Å². The van der Waals surface area contributed by atoms with E-state index in [9.17, 15) is 0 Å². The Morgan fingerprint density at radius 1 is 0.850 bits per heavy atom. The van der Waals surface area contributed by atoms with Crippen molar-refractivity contribution >= 4 is 29.0 Å². The lowest BCUT2D eigenvalue weighted by atomic mass is 10.1. The molecule has 0 bridgehead atoms. The van der Waals surface area contributed by atoms with Crippen LogP contribution in [0.2, 0.25) is 0 Å². The lowest BCUT2D eigenvalue weighted by Gasteiger charge is -2.16. The van der Waals surface area contributed by atoms with E-state index in [4.69, 9.17) is 4.98 Å². The minimum absolute atomic E-state index is 0. The number of halogens is 1. The highest BCUT2D eigenvalue weighted by Crippen LogP contribution is 2.29. The van der Waals surface area contributed by atoms with Gasteiger partial charge in [0.15, 0.2) is 0 Å². The minimum atomic E-state index is 0. The van der Waals surface area contributed by atoms with Crippen molar-refractivity contribution in [2.75, 3.05) is 19.0 Å². The van der Waals surface area contributed by atoms with Crippen molar-refractivity contribution in [3.63, 3.8) is 0 Å². The van der Waals surface area contributed by atoms with Crippen LogP contribution in [0.4, 0.5) is 5.69 Å². The molecule has 0 unspecified atom stereocenters. The van der Waals surface area contributed by atoms with Crippen molar-refractivity contribution in [1.82, 2.24) is 4.98 Å². The molecular weight excluding hydrogens is 268 g/mol. The molecule has 1 heterocycles. The topological polar surface area (TPSA) is 16.1 Å². The van der Waals surface area contributed by atoms with Gasteiger partial charge in [0.05, 0.1) is 11.2 Å². The van der Waals surface area contributed by atoms with Gasteiger partial charge in [-0.15, -0.1) is 12.4 Å². The molecule has 0 radical (unpaired) electrons. The lowest BCUT2D eigenvalue weighted by Crippen LogP contribution is -2.09. The quantitative estimate of drug-likeness (QED) is 0.694. The summed E-state index contributed by atoms with van der Waals surface area (Å²) < 4.78 is 0. The second-order valence-electron chi connectivity index (χ2n) is 4.80. The number of pyridine rings is 1. The maximum absolute atomic E-state index is 4.76. The van der Waals surface area contributed by atoms with Crippen LogP contribution >= 0.6 is 12.4 Å². The zero-order chi connectivity index (χ0) is 13.2. The molecule has 0 aliphatic heterocycles. The molecular formula is C17H17ClN2. The molecule has 0 saturated heterocycles. The summed E-state index contributed by atoms with van der Waals surface area (Å²) in [5, 5.41) is 1.19. The number of benzene rings is 2. The van der Waals surface area contributed by atoms with Crippen molar-refractivity contribution in [2.24, 2.45) is 0 Å². The largest absolute Gasteiger partial charge is 0.377 e. The Morgan fingerprint density at radius 3 is 2.20 bits per heavy atom. The van der Waals surface area contributed by atoms with Gasteiger partial charge in [0, 0.05) is 30.7 Å². The van der Waals surface area contributed by atoms with E-state index in [-0.39, 0.29) is 12.4 Å². The number of fused-ring (bicyclic) bond motifs is 1. The minimum Gasteiger partial charge on any atom is -0.377 e. The van der Waals surface area contributed by atoms with Crippen molar-refractivity contribution in [3.8, 4) is 11.3 Å². The predicted octanol–water partition coefficient (Wildman–Crippen LogP) is 4.39. The van der Waals surface area contributed by atoms with Gasteiger partial charge in [0.2, 0.25) is 0 Å². The monoisotopic (exact) mass is 284 g/mol. The second-order valence-corrected chi connectivity index (χ2v) is 4.80. The van der Waals surface area contributed by atoms with E-state index < -0.39 is 0 Å². The Kier molecular flexibility index (Phi) is 4.26. The highest BCUT2D eigenvalue weighted by Gasteiger charge is 2.08. The molecule has 0 amide bonds. The smallest absolute Gasteiger partial charge is 0.0730 e. The summed E-state index contributed by atoms with van der Waals surface area (Å²) in [5.41, 5.74) is 4.40. The van der Waals surface area contributed by atoms with Gasteiger partial charge in [-0.1, -0.05) is 48.5 Å². The number of nitrogens with zero attached hydrogens (tertiary/aromatic N) is 2. The third-order valence-electron chi connectivity index (χ3n) is 3.25. The lowest BCUT2D eigenvalue weighted by molar-refractivity contribution is 1.14. The van der Waals surface area contributed by atoms with Crippen molar-refractivity contribution in [1.29, 1.82) is 0 Å². The predicted molar refractivity (Wildman–Crippen MR) is 88.8 cm³/mol. The van der Waals surface area contributed by atoms with Crippen LogP contribution in [-0.2, 0) is 0 Å². The summed E-state index contributed by atoms with van der Waals surface area (Å²) in [6.45, 7) is 0. The zero-order valence-corrected chi connectivity index (χ0v) is 12.4. The van der Waals surface area contributed by atoms with E-state index in [2.05, 4.69) is 55.4 Å². The van der Waals surface area contributed by atoms with Gasteiger partial charge in [0.25, 0.3) is 0 Å². The average molecular weight is 285 g/mol. The fourth-order valence-electron chi connectivity index (χ4n) is 2.28. The van der Waals surface area contributed by atoms with Crippen LogP contribution in [0.3, 0.4) is 0 Å². The standard InChI is InChI=1S/C17H16N2.ClH/c1-19(2)17-12-16(13-8-4-3-5-9-13)18-15-11-7-6-10-14(15)17;/h3-12H,1-2H3;1H. The highest BCUT2D eigenvalue weighted by molar-refractivity contribution is 5.94. The number of aromatic nitrogens is 1. The van der Waals surface area contributed by atoms with Crippen LogP contribution in [0.25, 0.3) is 22.2 Å². The van der Waals surface area contributed by atoms with E-state index in [0.717, 1.165) is 16.8 Å². The first-order chi connectivity index (χ1) is 9.25. The van der Waals surface area contributed by atoms with Gasteiger partial charge >= 0.3 is 0 Å². The number of anilines is 1. The fourth-order valence-corrected chi connectivity index (χ4v) is 2.28.